The SMILES string of the molecule is CCOC(=O)[C@@H]1CCCN(CCC=C(c2ccccc2C)c2sccc2C)C1. The van der Waals surface area contributed by atoms with Crippen molar-refractivity contribution in [3.8, 4) is 0 Å². The number of carbonyl (C=O) groups excluding carboxylic acids is 1. The molecule has 1 aliphatic heterocycles. The highest BCUT2D eigenvalue weighted by Gasteiger charge is 2.26. The van der Waals surface area contributed by atoms with Crippen LogP contribution in [0.15, 0.2) is 41.8 Å². The molecule has 0 bridgehead atoms. The minimum absolute atomic E-state index is 0.0300. The van der Waals surface area contributed by atoms with E-state index in [1.807, 2.05) is 18.3 Å². The molecule has 0 unspecified atom stereocenters. The van der Waals surface area contributed by atoms with Gasteiger partial charge in [0.1, 0.15) is 0 Å². The Balaban J connectivity index is 1.71. The summed E-state index contributed by atoms with van der Waals surface area (Å²) in [6, 6.07) is 10.8. The van der Waals surface area contributed by atoms with Crippen LogP contribution < -0.4 is 0 Å². The van der Waals surface area contributed by atoms with Gasteiger partial charge in [-0.25, -0.2) is 0 Å². The van der Waals surface area contributed by atoms with E-state index in [4.69, 9.17) is 4.74 Å². The Morgan fingerprint density at radius 1 is 1.25 bits per heavy atom. The largest absolute Gasteiger partial charge is 0.466 e. The van der Waals surface area contributed by atoms with Crippen molar-refractivity contribution in [3.05, 3.63) is 63.4 Å². The molecule has 0 amide bonds. The fourth-order valence-corrected chi connectivity index (χ4v) is 4.93. The molecule has 1 aromatic carbocycles. The Labute approximate surface area is 173 Å². The van der Waals surface area contributed by atoms with E-state index in [0.29, 0.717) is 6.61 Å². The third-order valence-corrected chi connectivity index (χ3v) is 6.51. The highest BCUT2D eigenvalue weighted by Crippen LogP contribution is 2.32. The van der Waals surface area contributed by atoms with Gasteiger partial charge in [0, 0.05) is 18.0 Å². The maximum absolute atomic E-state index is 12.1. The van der Waals surface area contributed by atoms with E-state index in [9.17, 15) is 4.79 Å². The van der Waals surface area contributed by atoms with Crippen LogP contribution in [0.1, 0.15) is 47.8 Å². The summed E-state index contributed by atoms with van der Waals surface area (Å²) in [5.74, 6) is 0.00519. The zero-order valence-electron chi connectivity index (χ0n) is 17.2. The number of ether oxygens (including phenoxy) is 1. The van der Waals surface area contributed by atoms with Gasteiger partial charge in [-0.2, -0.15) is 0 Å². The van der Waals surface area contributed by atoms with Gasteiger partial charge in [-0.15, -0.1) is 11.3 Å². The number of hydrogen-bond acceptors (Lipinski definition) is 4. The second-order valence-corrected chi connectivity index (χ2v) is 8.46. The molecule has 0 N–H and O–H groups in total. The lowest BCUT2D eigenvalue weighted by molar-refractivity contribution is -0.149. The number of likely N-dealkylation sites (tertiary alicyclic amines) is 1. The highest BCUT2D eigenvalue weighted by atomic mass is 32.1. The van der Waals surface area contributed by atoms with E-state index < -0.39 is 0 Å². The van der Waals surface area contributed by atoms with Gasteiger partial charge in [-0.1, -0.05) is 30.3 Å². The lowest BCUT2D eigenvalue weighted by Gasteiger charge is -2.31. The van der Waals surface area contributed by atoms with E-state index in [-0.39, 0.29) is 11.9 Å². The molecule has 1 aliphatic rings. The lowest BCUT2D eigenvalue weighted by Crippen LogP contribution is -2.39. The molecule has 4 heteroatoms. The molecule has 150 valence electrons. The topological polar surface area (TPSA) is 29.5 Å². The van der Waals surface area contributed by atoms with Gasteiger partial charge in [0.2, 0.25) is 0 Å². The molecule has 1 aromatic heterocycles. The molecule has 1 fully saturated rings. The average molecular weight is 398 g/mol. The molecule has 3 rings (SSSR count). The van der Waals surface area contributed by atoms with Gasteiger partial charge in [-0.05, 0) is 80.3 Å². The molecule has 1 atom stereocenters. The number of carbonyl (C=O) groups is 1. The van der Waals surface area contributed by atoms with Crippen LogP contribution in [0.4, 0.5) is 0 Å². The number of aryl methyl sites for hydroxylation is 2. The Hall–Kier alpha value is -1.91. The summed E-state index contributed by atoms with van der Waals surface area (Å²) >= 11 is 1.81. The van der Waals surface area contributed by atoms with Gasteiger partial charge in [0.25, 0.3) is 0 Å². The fraction of sp³-hybridized carbons (Fsp3) is 0.458. The van der Waals surface area contributed by atoms with Crippen molar-refractivity contribution in [1.82, 2.24) is 4.90 Å². The van der Waals surface area contributed by atoms with Gasteiger partial charge < -0.3 is 9.64 Å². The van der Waals surface area contributed by atoms with Crippen LogP contribution in [0, 0.1) is 19.8 Å². The van der Waals surface area contributed by atoms with Crippen molar-refractivity contribution in [2.75, 3.05) is 26.2 Å². The normalized spacial score (nSPS) is 18.2. The number of nitrogens with zero attached hydrogens (tertiary/aromatic N) is 1. The number of esters is 1. The van der Waals surface area contributed by atoms with Gasteiger partial charge in [0.15, 0.2) is 0 Å². The van der Waals surface area contributed by atoms with Crippen molar-refractivity contribution in [2.45, 2.75) is 40.0 Å². The van der Waals surface area contributed by atoms with Crippen LogP contribution in [0.2, 0.25) is 0 Å². The maximum atomic E-state index is 12.1. The molecular weight excluding hydrogens is 366 g/mol. The third kappa shape index (κ3) is 5.12. The molecule has 28 heavy (non-hydrogen) atoms. The Kier molecular flexibility index (Phi) is 7.46. The summed E-state index contributed by atoms with van der Waals surface area (Å²) in [6.45, 7) is 9.59. The summed E-state index contributed by atoms with van der Waals surface area (Å²) in [5, 5.41) is 2.17. The highest BCUT2D eigenvalue weighted by molar-refractivity contribution is 7.11. The Morgan fingerprint density at radius 2 is 2.07 bits per heavy atom. The first kappa shape index (κ1) is 20.8. The van der Waals surface area contributed by atoms with Crippen LogP contribution in [0.3, 0.4) is 0 Å². The van der Waals surface area contributed by atoms with Crippen LogP contribution in [0.5, 0.6) is 0 Å². The fourth-order valence-electron chi connectivity index (χ4n) is 3.95. The van der Waals surface area contributed by atoms with Crippen molar-refractivity contribution in [2.24, 2.45) is 5.92 Å². The second kappa shape index (κ2) is 10.0. The van der Waals surface area contributed by atoms with Crippen molar-refractivity contribution in [3.63, 3.8) is 0 Å². The smallest absolute Gasteiger partial charge is 0.310 e. The Bertz CT molecular complexity index is 824. The van der Waals surface area contributed by atoms with Crippen molar-refractivity contribution in [1.29, 1.82) is 0 Å². The zero-order valence-corrected chi connectivity index (χ0v) is 18.1. The van der Waals surface area contributed by atoms with Gasteiger partial charge in [0.05, 0.1) is 12.5 Å². The van der Waals surface area contributed by atoms with E-state index >= 15 is 0 Å². The molecule has 0 saturated carbocycles. The standard InChI is InChI=1S/C24H31NO2S/c1-4-27-24(26)20-10-7-14-25(17-20)15-8-12-22(23-19(3)13-16-28-23)21-11-6-5-9-18(21)2/h5-6,9,11-13,16,20H,4,7-8,10,14-15,17H2,1-3H3/t20-/m1/s1. The quantitative estimate of drug-likeness (QED) is 0.581. The number of piperidine rings is 1. The molecule has 2 aromatic rings. The summed E-state index contributed by atoms with van der Waals surface area (Å²) in [7, 11) is 0. The maximum Gasteiger partial charge on any atom is 0.310 e. The zero-order chi connectivity index (χ0) is 19.9. The van der Waals surface area contributed by atoms with Crippen molar-refractivity contribution >= 4 is 22.9 Å². The average Bonchev–Trinajstić information content (AvgIpc) is 3.12. The summed E-state index contributed by atoms with van der Waals surface area (Å²) in [5.41, 5.74) is 5.29. The number of rotatable bonds is 7. The summed E-state index contributed by atoms with van der Waals surface area (Å²) < 4.78 is 5.23. The van der Waals surface area contributed by atoms with Gasteiger partial charge >= 0.3 is 5.97 Å². The number of hydrogen-bond donors (Lipinski definition) is 0. The summed E-state index contributed by atoms with van der Waals surface area (Å²) in [4.78, 5) is 15.9. The first-order valence-corrected chi connectivity index (χ1v) is 11.2. The molecular formula is C24H31NO2S. The minimum Gasteiger partial charge on any atom is -0.466 e. The predicted octanol–water partition coefficient (Wildman–Crippen LogP) is 5.46. The van der Waals surface area contributed by atoms with E-state index in [0.717, 1.165) is 38.9 Å². The molecule has 0 radical (unpaired) electrons. The molecule has 1 saturated heterocycles. The first-order valence-electron chi connectivity index (χ1n) is 10.3. The van der Waals surface area contributed by atoms with Crippen LogP contribution >= 0.6 is 11.3 Å². The van der Waals surface area contributed by atoms with E-state index in [1.165, 1.54) is 27.1 Å². The van der Waals surface area contributed by atoms with Crippen molar-refractivity contribution < 1.29 is 9.53 Å². The van der Waals surface area contributed by atoms with E-state index in [2.05, 4.69) is 60.5 Å². The van der Waals surface area contributed by atoms with Crippen LogP contribution in [0.25, 0.3) is 5.57 Å². The molecule has 3 nitrogen and oxygen atoms in total. The van der Waals surface area contributed by atoms with Crippen LogP contribution in [-0.4, -0.2) is 37.1 Å². The molecule has 0 aliphatic carbocycles. The summed E-state index contributed by atoms with van der Waals surface area (Å²) in [6.07, 6.45) is 5.39. The third-order valence-electron chi connectivity index (χ3n) is 5.46. The van der Waals surface area contributed by atoms with Crippen LogP contribution in [-0.2, 0) is 9.53 Å². The molecule has 0 spiro atoms. The predicted molar refractivity (Wildman–Crippen MR) is 118 cm³/mol. The number of benzene rings is 1. The van der Waals surface area contributed by atoms with Gasteiger partial charge in [-0.3, -0.25) is 4.79 Å². The number of thiophene rings is 1. The molecule has 2 heterocycles. The second-order valence-electron chi connectivity index (χ2n) is 7.55. The Morgan fingerprint density at radius 3 is 2.79 bits per heavy atom. The lowest BCUT2D eigenvalue weighted by atomic mass is 9.96. The first-order chi connectivity index (χ1) is 13.6. The van der Waals surface area contributed by atoms with E-state index in [1.54, 1.807) is 0 Å². The minimum atomic E-state index is -0.0300. The monoisotopic (exact) mass is 397 g/mol.